The summed E-state index contributed by atoms with van der Waals surface area (Å²) in [7, 11) is -63.3. The average molecular weight is 1670 g/mol. The maximum atomic E-state index is 11.8. The molecule has 0 bridgehead atoms. The monoisotopic (exact) mass is 1670 g/mol. The first-order valence-corrected chi connectivity index (χ1v) is 30.2. The molecule has 3 aliphatic heterocycles. The first-order chi connectivity index (χ1) is 32.4. The Kier molecular flexibility index (Phi) is 66.1. The smallest absolute Gasteiger partial charge is 0.726 e. The minimum Gasteiger partial charge on any atom is -0.726 e. The van der Waals surface area contributed by atoms with Gasteiger partial charge in [-0.2, -0.15) is 0 Å². The van der Waals surface area contributed by atoms with Crippen LogP contribution >= 0.6 is 0 Å². The third-order valence-electron chi connectivity index (χ3n) is 8.02. The van der Waals surface area contributed by atoms with E-state index in [0.717, 1.165) is 0 Å². The normalized spacial score (nSPS) is 28.0. The Morgan fingerprint density at radius 1 is 0.229 bits per heavy atom. The molecule has 83 heavy (non-hydrogen) atoms. The second-order valence-electron chi connectivity index (χ2n) is 13.1. The van der Waals surface area contributed by atoms with Crippen LogP contribution in [0.3, 0.4) is 0 Å². The van der Waals surface area contributed by atoms with Gasteiger partial charge in [0.05, 0.1) is 26.4 Å². The zero-order chi connectivity index (χ0) is 56.5. The Bertz CT molecular complexity index is 2930. The molecule has 0 aromatic carbocycles. The summed E-state index contributed by atoms with van der Waals surface area (Å²) < 4.78 is 412. The summed E-state index contributed by atoms with van der Waals surface area (Å²) in [6.07, 6.45) is -44.5. The molecular weight excluding hydrogens is 1650 g/mol. The molecular formula is C18H22K10O45S10. The summed E-state index contributed by atoms with van der Waals surface area (Å²) in [5, 5.41) is 0. The van der Waals surface area contributed by atoms with Crippen LogP contribution in [0.25, 0.3) is 0 Å². The molecule has 0 N–H and O–H groups in total. The van der Waals surface area contributed by atoms with Gasteiger partial charge in [-0.25, -0.2) is 84.2 Å². The van der Waals surface area contributed by atoms with Crippen LogP contribution < -0.4 is 514 Å². The number of ether oxygens (including phenoxy) is 5. The molecule has 3 heterocycles. The molecule has 3 saturated heterocycles. The number of rotatable bonds is 28. The van der Waals surface area contributed by atoms with E-state index in [1.54, 1.807) is 0 Å². The van der Waals surface area contributed by atoms with Crippen molar-refractivity contribution >= 4 is 104 Å². The molecule has 0 spiro atoms. The van der Waals surface area contributed by atoms with E-state index in [2.05, 4.69) is 41.8 Å². The second-order valence-corrected chi connectivity index (χ2v) is 23.3. The summed E-state index contributed by atoms with van der Waals surface area (Å²) in [6, 6.07) is 0. The Hall–Kier alpha value is 14.9. The van der Waals surface area contributed by atoms with Crippen LogP contribution in [0.2, 0.25) is 0 Å². The van der Waals surface area contributed by atoms with Crippen molar-refractivity contribution in [3.05, 3.63) is 0 Å². The number of hydrogen-bond acceptors (Lipinski definition) is 45. The van der Waals surface area contributed by atoms with Gasteiger partial charge in [0.1, 0.15) is 61.0 Å². The molecule has 434 valence electrons. The van der Waals surface area contributed by atoms with E-state index >= 15 is 0 Å². The van der Waals surface area contributed by atoms with Crippen LogP contribution in [-0.2, 0) is 170 Å². The Labute approximate surface area is 898 Å². The van der Waals surface area contributed by atoms with E-state index in [4.69, 9.17) is 23.7 Å². The minimum absolute atomic E-state index is 0. The van der Waals surface area contributed by atoms with Crippen LogP contribution in [0.4, 0.5) is 0 Å². The van der Waals surface area contributed by atoms with E-state index < -0.39 is 216 Å². The maximum absolute atomic E-state index is 11.8. The van der Waals surface area contributed by atoms with Crippen LogP contribution in [0, 0.1) is 0 Å². The quantitative estimate of drug-likeness (QED) is 0.0399. The van der Waals surface area contributed by atoms with Gasteiger partial charge >= 0.3 is 514 Å². The van der Waals surface area contributed by atoms with Crippen LogP contribution in [-0.4, -0.2) is 242 Å². The standard InChI is InChI=1S/C18H32O45S10.10K/c19-64(20,21)51-3-7-11(58-68(31,32)33)13(60-70(37,38)39)15(62-72(43,44)45)17(54-7)49-1-5-9(56-66(25,26)27)10(57-67(28,29)30)6(53-5)2-50-18-16(63-73(46,47)48)14(61-71(40,41)42)12(59-69(34,35)36)8(55-18)4-52-65(22,23)24;;;;;;;;;;/h5-18H,1-4H2,(H,19,20,21)(H,22,23,24)(H,25,26,27)(H,28,29,30)(H,31,32,33)(H,34,35,36)(H,37,38,39)(H,40,41,42)(H,43,44,45)(H,46,47,48);;;;;;;;;;/q;10*+1/p-10/t5-,6-,7+,8+,9-,10-,11-,12-,13+,14+,15-,16-,17-,18-;;;;;;;;;;/m1........../s1. The molecule has 0 amide bonds. The van der Waals surface area contributed by atoms with E-state index in [9.17, 15) is 130 Å². The van der Waals surface area contributed by atoms with Crippen molar-refractivity contribution in [2.45, 2.75) is 85.8 Å². The summed E-state index contributed by atoms with van der Waals surface area (Å²) in [6.45, 7) is -7.91. The molecule has 45 nitrogen and oxygen atoms in total. The van der Waals surface area contributed by atoms with Crippen molar-refractivity contribution in [3.63, 3.8) is 0 Å². The van der Waals surface area contributed by atoms with Gasteiger partial charge < -0.3 is 69.2 Å². The molecule has 0 saturated carbocycles. The third kappa shape index (κ3) is 49.4. The van der Waals surface area contributed by atoms with E-state index in [1.165, 1.54) is 0 Å². The van der Waals surface area contributed by atoms with Gasteiger partial charge in [-0.15, -0.1) is 0 Å². The number of hydrogen-bond donors (Lipinski definition) is 0. The Morgan fingerprint density at radius 2 is 0.398 bits per heavy atom. The van der Waals surface area contributed by atoms with Crippen molar-refractivity contribution in [2.75, 3.05) is 26.4 Å². The fourth-order valence-corrected chi connectivity index (χ4v) is 10.6. The predicted molar refractivity (Wildman–Crippen MR) is 186 cm³/mol. The molecule has 0 radical (unpaired) electrons. The minimum atomic E-state index is -6.47. The summed E-state index contributed by atoms with van der Waals surface area (Å²) in [5.74, 6) is 0. The van der Waals surface area contributed by atoms with Gasteiger partial charge in [0.15, 0.2) is 24.8 Å². The zero-order valence-electron chi connectivity index (χ0n) is 43.4. The average Bonchev–Trinajstić information content (AvgIpc) is 3.40. The largest absolute Gasteiger partial charge is 1.00 e. The van der Waals surface area contributed by atoms with Crippen LogP contribution in [0.5, 0.6) is 0 Å². The van der Waals surface area contributed by atoms with E-state index in [1.807, 2.05) is 0 Å². The fourth-order valence-electron chi connectivity index (χ4n) is 6.02. The van der Waals surface area contributed by atoms with Crippen molar-refractivity contribution in [3.8, 4) is 0 Å². The van der Waals surface area contributed by atoms with Crippen molar-refractivity contribution < 1.29 is 709 Å². The zero-order valence-corrected chi connectivity index (χ0v) is 82.8. The van der Waals surface area contributed by atoms with Crippen molar-refractivity contribution in [1.82, 2.24) is 0 Å². The van der Waals surface area contributed by atoms with Crippen LogP contribution in [0.1, 0.15) is 0 Å². The fraction of sp³-hybridized carbons (Fsp3) is 1.00. The van der Waals surface area contributed by atoms with Gasteiger partial charge in [-0.1, -0.05) is 0 Å². The van der Waals surface area contributed by atoms with Crippen molar-refractivity contribution in [1.29, 1.82) is 0 Å². The summed E-state index contributed by atoms with van der Waals surface area (Å²) in [5.41, 5.74) is 0. The van der Waals surface area contributed by atoms with E-state index in [-0.39, 0.29) is 514 Å². The first kappa shape index (κ1) is 114. The summed E-state index contributed by atoms with van der Waals surface area (Å²) >= 11 is 0. The van der Waals surface area contributed by atoms with Gasteiger partial charge in [-0.3, -0.25) is 41.8 Å². The van der Waals surface area contributed by atoms with Gasteiger partial charge in [0.2, 0.25) is 104 Å². The van der Waals surface area contributed by atoms with Crippen molar-refractivity contribution in [2.24, 2.45) is 0 Å². The predicted octanol–water partition coefficient (Wildman–Crippen LogP) is -42.0. The second kappa shape index (κ2) is 48.2. The molecule has 0 aromatic heterocycles. The van der Waals surface area contributed by atoms with Gasteiger partial charge in [0.25, 0.3) is 0 Å². The Balaban J connectivity index is -0.000000937. The summed E-state index contributed by atoms with van der Waals surface area (Å²) in [4.78, 5) is 0. The third-order valence-corrected chi connectivity index (χ3v) is 12.5. The molecule has 3 fully saturated rings. The molecule has 3 aliphatic rings. The van der Waals surface area contributed by atoms with Gasteiger partial charge in [0, 0.05) is 0 Å². The molecule has 0 unspecified atom stereocenters. The SMILES string of the molecule is O=S(=O)([O-])OC[C@@H]1O[C@@H](OC[C@H]2O[C@H](CO[C@@H]3O[C@@H](COS(=O)(=O)[O-])[C@@H](OS(=O)(=O)[O-])[C@H](OS(=O)(=O)[O-])[C@H]3OS(=O)(=O)[O-])[C@@H](OS(=O)(=O)[O-])[C@@H]2OS(=O)(=O)[O-])[C@H](OS(=O)(=O)[O-])[C@@H](OS(=O)(=O)[O-])[C@@H]1OS(=O)(=O)[O-].[K+].[K+].[K+].[K+].[K+].[K+].[K+].[K+].[K+].[K+]. The molecule has 0 aliphatic carbocycles. The molecule has 14 atom stereocenters. The molecule has 65 heteroatoms. The van der Waals surface area contributed by atoms with E-state index in [0.29, 0.717) is 0 Å². The topological polar surface area (TPSA) is 710 Å². The molecule has 0 aromatic rings. The van der Waals surface area contributed by atoms with Gasteiger partial charge in [-0.05, 0) is 0 Å². The van der Waals surface area contributed by atoms with Crippen LogP contribution in [0.15, 0.2) is 0 Å². The first-order valence-electron chi connectivity index (χ1n) is 16.9. The molecule has 3 rings (SSSR count). The Morgan fingerprint density at radius 3 is 0.590 bits per heavy atom. The maximum Gasteiger partial charge on any atom is 1.00 e.